The Bertz CT molecular complexity index is 342. The number of carbonyl (C=O) groups is 2. The minimum Gasteiger partial charge on any atom is -0.272 e. The monoisotopic (exact) mass is 296 g/mol. The van der Waals surface area contributed by atoms with Crippen molar-refractivity contribution in [3.05, 3.63) is 0 Å². The Kier molecular flexibility index (Phi) is 10.1. The van der Waals surface area contributed by atoms with Crippen LogP contribution in [0.2, 0.25) is 0 Å². The first-order valence-electron chi connectivity index (χ1n) is 7.51. The van der Waals surface area contributed by atoms with Crippen molar-refractivity contribution < 1.29 is 9.59 Å². The Morgan fingerprint density at radius 3 is 1.57 bits per heavy atom. The summed E-state index contributed by atoms with van der Waals surface area (Å²) in [6, 6.07) is 0. The fourth-order valence-corrected chi connectivity index (χ4v) is 1.39. The summed E-state index contributed by atoms with van der Waals surface area (Å²) >= 11 is 0. The maximum absolute atomic E-state index is 11.9. The molecule has 0 saturated carbocycles. The van der Waals surface area contributed by atoms with Crippen LogP contribution in [0.15, 0.2) is 10.2 Å². The molecule has 6 heteroatoms. The van der Waals surface area contributed by atoms with Gasteiger partial charge in [-0.05, 0) is 31.1 Å². The van der Waals surface area contributed by atoms with Gasteiger partial charge in [0.25, 0.3) is 11.8 Å². The third-order valence-electron chi connectivity index (χ3n) is 2.73. The highest BCUT2D eigenvalue weighted by atomic mass is 16.2. The van der Waals surface area contributed by atoms with E-state index in [4.69, 9.17) is 0 Å². The largest absolute Gasteiger partial charge is 0.272 e. The SMILES string of the molecule is CCC(C(=O)N/N=C/CC(C)C)C(=O)N/N=C/CC(C)C. The molecule has 0 rings (SSSR count). The molecule has 0 spiro atoms. The molecule has 0 aliphatic carbocycles. The fourth-order valence-electron chi connectivity index (χ4n) is 1.39. The van der Waals surface area contributed by atoms with Gasteiger partial charge in [0.05, 0.1) is 0 Å². The minimum absolute atomic E-state index is 0.400. The van der Waals surface area contributed by atoms with E-state index in [1.807, 2.05) is 0 Å². The zero-order valence-electron chi connectivity index (χ0n) is 13.7. The lowest BCUT2D eigenvalue weighted by molar-refractivity contribution is -0.135. The summed E-state index contributed by atoms with van der Waals surface area (Å²) in [5.74, 6) is -0.641. The Balaban J connectivity index is 4.28. The van der Waals surface area contributed by atoms with E-state index >= 15 is 0 Å². The van der Waals surface area contributed by atoms with Crippen LogP contribution in [0, 0.1) is 17.8 Å². The van der Waals surface area contributed by atoms with Gasteiger partial charge in [-0.3, -0.25) is 9.59 Å². The van der Waals surface area contributed by atoms with E-state index in [9.17, 15) is 9.59 Å². The second-order valence-corrected chi connectivity index (χ2v) is 5.80. The molecular formula is C15H28N4O2. The zero-order valence-corrected chi connectivity index (χ0v) is 13.7. The maximum atomic E-state index is 11.9. The number of hydrazone groups is 2. The molecule has 21 heavy (non-hydrogen) atoms. The third-order valence-corrected chi connectivity index (χ3v) is 2.73. The van der Waals surface area contributed by atoms with Crippen LogP contribution < -0.4 is 10.9 Å². The summed E-state index contributed by atoms with van der Waals surface area (Å²) in [5.41, 5.74) is 4.79. The molecule has 0 fully saturated rings. The predicted molar refractivity (Wildman–Crippen MR) is 86.0 cm³/mol. The van der Waals surface area contributed by atoms with Crippen LogP contribution in [0.5, 0.6) is 0 Å². The van der Waals surface area contributed by atoms with Gasteiger partial charge in [-0.15, -0.1) is 0 Å². The number of nitrogens with one attached hydrogen (secondary N) is 2. The standard InChI is InChI=1S/C15H28N4O2/c1-6-13(14(20)18-16-9-7-11(2)3)15(21)19-17-10-8-12(4)5/h9-13H,6-8H2,1-5H3,(H,18,20)(H,19,21)/b16-9+,17-10+. The lowest BCUT2D eigenvalue weighted by Crippen LogP contribution is -2.37. The van der Waals surface area contributed by atoms with Gasteiger partial charge >= 0.3 is 0 Å². The second kappa shape index (κ2) is 11.0. The second-order valence-electron chi connectivity index (χ2n) is 5.80. The summed E-state index contributed by atoms with van der Waals surface area (Å²) in [4.78, 5) is 23.7. The van der Waals surface area contributed by atoms with Crippen LogP contribution in [-0.4, -0.2) is 24.2 Å². The summed E-state index contributed by atoms with van der Waals surface area (Å²) < 4.78 is 0. The Hall–Kier alpha value is -1.72. The van der Waals surface area contributed by atoms with Crippen molar-refractivity contribution in [2.75, 3.05) is 0 Å². The van der Waals surface area contributed by atoms with E-state index in [1.165, 1.54) is 0 Å². The summed E-state index contributed by atoms with van der Waals surface area (Å²) in [5, 5.41) is 7.68. The van der Waals surface area contributed by atoms with Crippen molar-refractivity contribution in [1.82, 2.24) is 10.9 Å². The molecular weight excluding hydrogens is 268 g/mol. The molecule has 0 aromatic carbocycles. The molecule has 0 bridgehead atoms. The molecule has 0 aliphatic heterocycles. The predicted octanol–water partition coefficient (Wildman–Crippen LogP) is 2.31. The number of carbonyl (C=O) groups excluding carboxylic acids is 2. The van der Waals surface area contributed by atoms with E-state index in [0.717, 1.165) is 12.8 Å². The number of amides is 2. The van der Waals surface area contributed by atoms with E-state index < -0.39 is 17.7 Å². The van der Waals surface area contributed by atoms with Gasteiger partial charge in [0.15, 0.2) is 0 Å². The highest BCUT2D eigenvalue weighted by Crippen LogP contribution is 2.03. The first-order chi connectivity index (χ1) is 9.88. The molecule has 0 unspecified atom stereocenters. The quantitative estimate of drug-likeness (QED) is 0.389. The van der Waals surface area contributed by atoms with Crippen molar-refractivity contribution in [3.63, 3.8) is 0 Å². The maximum Gasteiger partial charge on any atom is 0.252 e. The van der Waals surface area contributed by atoms with Crippen LogP contribution in [0.25, 0.3) is 0 Å². The van der Waals surface area contributed by atoms with Gasteiger partial charge in [-0.2, -0.15) is 10.2 Å². The van der Waals surface area contributed by atoms with Gasteiger partial charge in [-0.1, -0.05) is 34.6 Å². The molecule has 6 nitrogen and oxygen atoms in total. The van der Waals surface area contributed by atoms with Gasteiger partial charge in [0.2, 0.25) is 0 Å². The molecule has 0 atom stereocenters. The normalized spacial score (nSPS) is 12.0. The molecule has 0 aromatic rings. The summed E-state index contributed by atoms with van der Waals surface area (Å²) in [6.45, 7) is 10.0. The Morgan fingerprint density at radius 1 is 0.905 bits per heavy atom. The van der Waals surface area contributed by atoms with E-state index in [0.29, 0.717) is 18.3 Å². The van der Waals surface area contributed by atoms with E-state index in [1.54, 1.807) is 19.4 Å². The van der Waals surface area contributed by atoms with E-state index in [-0.39, 0.29) is 0 Å². The van der Waals surface area contributed by atoms with Gasteiger partial charge in [0.1, 0.15) is 5.92 Å². The summed E-state index contributed by atoms with van der Waals surface area (Å²) in [7, 11) is 0. The number of hydrogen-bond donors (Lipinski definition) is 2. The van der Waals surface area contributed by atoms with E-state index in [2.05, 4.69) is 48.7 Å². The fraction of sp³-hybridized carbons (Fsp3) is 0.733. The highest BCUT2D eigenvalue weighted by Gasteiger charge is 2.24. The average molecular weight is 296 g/mol. The molecule has 0 aliphatic rings. The topological polar surface area (TPSA) is 82.9 Å². The van der Waals surface area contributed by atoms with Gasteiger partial charge < -0.3 is 0 Å². The minimum atomic E-state index is -0.780. The van der Waals surface area contributed by atoms with Crippen molar-refractivity contribution in [1.29, 1.82) is 0 Å². The van der Waals surface area contributed by atoms with Crippen LogP contribution in [0.4, 0.5) is 0 Å². The molecule has 0 radical (unpaired) electrons. The van der Waals surface area contributed by atoms with Gasteiger partial charge in [0, 0.05) is 12.4 Å². The number of nitrogens with zero attached hydrogens (tertiary/aromatic N) is 2. The number of hydrogen-bond acceptors (Lipinski definition) is 4. The van der Waals surface area contributed by atoms with Crippen molar-refractivity contribution in [2.45, 2.75) is 53.9 Å². The van der Waals surface area contributed by atoms with Gasteiger partial charge in [-0.25, -0.2) is 10.9 Å². The van der Waals surface area contributed by atoms with Crippen LogP contribution in [-0.2, 0) is 9.59 Å². The number of rotatable bonds is 9. The lowest BCUT2D eigenvalue weighted by atomic mass is 10.1. The Morgan fingerprint density at radius 2 is 1.29 bits per heavy atom. The smallest absolute Gasteiger partial charge is 0.252 e. The third kappa shape index (κ3) is 9.76. The van der Waals surface area contributed by atoms with Crippen molar-refractivity contribution >= 4 is 24.2 Å². The first-order valence-corrected chi connectivity index (χ1v) is 7.51. The van der Waals surface area contributed by atoms with Crippen molar-refractivity contribution in [2.24, 2.45) is 28.0 Å². The average Bonchev–Trinajstić information content (AvgIpc) is 2.40. The van der Waals surface area contributed by atoms with Crippen LogP contribution >= 0.6 is 0 Å². The van der Waals surface area contributed by atoms with Crippen molar-refractivity contribution in [3.8, 4) is 0 Å². The van der Waals surface area contributed by atoms with Crippen LogP contribution in [0.1, 0.15) is 53.9 Å². The Labute approximate surface area is 127 Å². The molecule has 0 aromatic heterocycles. The molecule has 0 heterocycles. The first kappa shape index (κ1) is 19.3. The molecule has 120 valence electrons. The molecule has 0 saturated heterocycles. The molecule has 2 amide bonds. The van der Waals surface area contributed by atoms with Crippen LogP contribution in [0.3, 0.4) is 0 Å². The highest BCUT2D eigenvalue weighted by molar-refractivity contribution is 6.00. The summed E-state index contributed by atoms with van der Waals surface area (Å²) in [6.07, 6.45) is 5.25. The lowest BCUT2D eigenvalue weighted by Gasteiger charge is -2.10. The molecule has 2 N–H and O–H groups in total. The zero-order chi connectivity index (χ0) is 16.3.